The van der Waals surface area contributed by atoms with Crippen LogP contribution in [0.2, 0.25) is 15.1 Å². The molecule has 32 heavy (non-hydrogen) atoms. The minimum atomic E-state index is -0.376. The maximum atomic E-state index is 12.8. The first-order valence-electron chi connectivity index (χ1n) is 9.21. The van der Waals surface area contributed by atoms with Gasteiger partial charge in [0.25, 0.3) is 11.1 Å². The SMILES string of the molecule is O=C1S/C(=C/c2ccc(OCc3ccc(Cl)c(Cl)c3)c(Br)c2)C(=O)N1c1ccc(Cl)cc1. The van der Waals surface area contributed by atoms with Gasteiger partial charge in [-0.2, -0.15) is 0 Å². The zero-order valence-electron chi connectivity index (χ0n) is 16.2. The normalized spacial score (nSPS) is 15.0. The summed E-state index contributed by atoms with van der Waals surface area (Å²) in [5.41, 5.74) is 2.11. The molecule has 2 amide bonds. The van der Waals surface area contributed by atoms with Gasteiger partial charge in [-0.25, -0.2) is 4.90 Å². The van der Waals surface area contributed by atoms with Crippen molar-refractivity contribution in [2.24, 2.45) is 0 Å². The van der Waals surface area contributed by atoms with Crippen molar-refractivity contribution < 1.29 is 14.3 Å². The van der Waals surface area contributed by atoms with E-state index in [2.05, 4.69) is 15.9 Å². The second-order valence-electron chi connectivity index (χ2n) is 6.72. The van der Waals surface area contributed by atoms with E-state index in [9.17, 15) is 9.59 Å². The zero-order valence-corrected chi connectivity index (χ0v) is 20.8. The summed E-state index contributed by atoms with van der Waals surface area (Å²) in [7, 11) is 0. The molecule has 4 nitrogen and oxygen atoms in total. The highest BCUT2D eigenvalue weighted by molar-refractivity contribution is 9.10. The summed E-state index contributed by atoms with van der Waals surface area (Å²) in [4.78, 5) is 26.7. The molecule has 4 rings (SSSR count). The van der Waals surface area contributed by atoms with Crippen LogP contribution in [0.15, 0.2) is 70.0 Å². The lowest BCUT2D eigenvalue weighted by Crippen LogP contribution is -2.27. The average Bonchev–Trinajstić information content (AvgIpc) is 3.03. The van der Waals surface area contributed by atoms with Crippen LogP contribution in [0.4, 0.5) is 10.5 Å². The first-order valence-corrected chi connectivity index (χ1v) is 12.0. The lowest BCUT2D eigenvalue weighted by Gasteiger charge is -2.12. The number of rotatable bonds is 5. The molecular weight excluding hydrogens is 557 g/mol. The third kappa shape index (κ3) is 5.16. The average molecular weight is 570 g/mol. The maximum Gasteiger partial charge on any atom is 0.298 e. The standard InChI is InChI=1S/C23H13BrCl3NO3S/c24-17-9-13(2-8-20(17)31-12-14-1-7-18(26)19(27)10-14)11-21-22(29)28(23(30)32-21)16-5-3-15(25)4-6-16/h1-11H,12H2/b21-11+. The van der Waals surface area contributed by atoms with E-state index in [1.165, 1.54) is 0 Å². The molecule has 9 heteroatoms. The zero-order chi connectivity index (χ0) is 22.8. The van der Waals surface area contributed by atoms with Gasteiger partial charge in [-0.1, -0.05) is 46.9 Å². The summed E-state index contributed by atoms with van der Waals surface area (Å²) < 4.78 is 6.56. The van der Waals surface area contributed by atoms with Crippen LogP contribution in [-0.4, -0.2) is 11.1 Å². The third-order valence-electron chi connectivity index (χ3n) is 4.51. The molecule has 162 valence electrons. The number of carbonyl (C=O) groups is 2. The van der Waals surface area contributed by atoms with Crippen LogP contribution in [0.3, 0.4) is 0 Å². The molecule has 1 saturated heterocycles. The molecule has 1 fully saturated rings. The van der Waals surface area contributed by atoms with E-state index in [1.54, 1.807) is 48.5 Å². The van der Waals surface area contributed by atoms with Crippen molar-refractivity contribution >= 4 is 85.4 Å². The quantitative estimate of drug-likeness (QED) is 0.291. The maximum absolute atomic E-state index is 12.8. The van der Waals surface area contributed by atoms with Gasteiger partial charge >= 0.3 is 0 Å². The van der Waals surface area contributed by atoms with E-state index in [-0.39, 0.29) is 11.1 Å². The van der Waals surface area contributed by atoms with Crippen LogP contribution in [0, 0.1) is 0 Å². The summed E-state index contributed by atoms with van der Waals surface area (Å²) in [5.74, 6) is 0.251. The third-order valence-corrected chi connectivity index (χ3v) is 6.99. The number of carbonyl (C=O) groups excluding carboxylic acids is 2. The van der Waals surface area contributed by atoms with Crippen molar-refractivity contribution in [3.05, 3.63) is 96.2 Å². The summed E-state index contributed by atoms with van der Waals surface area (Å²) in [5, 5.41) is 1.13. The van der Waals surface area contributed by atoms with Gasteiger partial charge in [0.05, 0.1) is 25.1 Å². The van der Waals surface area contributed by atoms with Gasteiger partial charge in [0, 0.05) is 5.02 Å². The predicted octanol–water partition coefficient (Wildman–Crippen LogP) is 8.23. The van der Waals surface area contributed by atoms with Crippen molar-refractivity contribution in [3.8, 4) is 5.75 Å². The first kappa shape index (κ1) is 23.2. The fourth-order valence-corrected chi connectivity index (χ4v) is 4.75. The van der Waals surface area contributed by atoms with Gasteiger partial charge in [-0.15, -0.1) is 0 Å². The Morgan fingerprint density at radius 2 is 1.69 bits per heavy atom. The molecule has 3 aromatic carbocycles. The summed E-state index contributed by atoms with van der Waals surface area (Å²) in [6.45, 7) is 0.314. The molecule has 0 aromatic heterocycles. The molecule has 3 aromatic rings. The minimum absolute atomic E-state index is 0.314. The Bertz CT molecular complexity index is 1250. The highest BCUT2D eigenvalue weighted by Gasteiger charge is 2.36. The number of amides is 2. The summed E-state index contributed by atoms with van der Waals surface area (Å²) in [6, 6.07) is 17.3. The number of ether oxygens (including phenoxy) is 1. The Hall–Kier alpha value is -1.96. The molecule has 0 saturated carbocycles. The van der Waals surface area contributed by atoms with Crippen LogP contribution in [0.25, 0.3) is 6.08 Å². The van der Waals surface area contributed by atoms with Gasteiger partial charge in [0.2, 0.25) is 0 Å². The lowest BCUT2D eigenvalue weighted by atomic mass is 10.2. The molecule has 0 aliphatic carbocycles. The van der Waals surface area contributed by atoms with E-state index in [4.69, 9.17) is 39.5 Å². The molecule has 1 aliphatic rings. The highest BCUT2D eigenvalue weighted by atomic mass is 79.9. The number of benzene rings is 3. The fraction of sp³-hybridized carbons (Fsp3) is 0.0435. The van der Waals surface area contributed by atoms with Crippen molar-refractivity contribution in [3.63, 3.8) is 0 Å². The van der Waals surface area contributed by atoms with Crippen LogP contribution < -0.4 is 9.64 Å². The molecule has 0 spiro atoms. The molecule has 0 N–H and O–H groups in total. The van der Waals surface area contributed by atoms with Crippen molar-refractivity contribution in [2.75, 3.05) is 4.90 Å². The van der Waals surface area contributed by atoms with E-state index in [0.717, 1.165) is 27.8 Å². The Morgan fingerprint density at radius 1 is 0.938 bits per heavy atom. The summed E-state index contributed by atoms with van der Waals surface area (Å²) in [6.07, 6.45) is 1.67. The fourth-order valence-electron chi connectivity index (χ4n) is 2.95. The molecule has 1 aliphatic heterocycles. The van der Waals surface area contributed by atoms with Crippen molar-refractivity contribution in [1.29, 1.82) is 0 Å². The number of hydrogen-bond donors (Lipinski definition) is 0. The second kappa shape index (κ2) is 9.89. The molecule has 1 heterocycles. The molecule has 0 atom stereocenters. The van der Waals surface area contributed by atoms with E-state index in [0.29, 0.717) is 42.5 Å². The van der Waals surface area contributed by atoms with Crippen LogP contribution in [-0.2, 0) is 11.4 Å². The largest absolute Gasteiger partial charge is 0.488 e. The van der Waals surface area contributed by atoms with Crippen LogP contribution in [0.1, 0.15) is 11.1 Å². The van der Waals surface area contributed by atoms with Crippen molar-refractivity contribution in [2.45, 2.75) is 6.61 Å². The topological polar surface area (TPSA) is 46.6 Å². The van der Waals surface area contributed by atoms with E-state index in [1.807, 2.05) is 18.2 Å². The monoisotopic (exact) mass is 567 g/mol. The van der Waals surface area contributed by atoms with Crippen LogP contribution >= 0.6 is 62.5 Å². The lowest BCUT2D eigenvalue weighted by molar-refractivity contribution is -0.113. The number of halogens is 4. The Kier molecular flexibility index (Phi) is 7.17. The summed E-state index contributed by atoms with van der Waals surface area (Å²) >= 11 is 22.3. The van der Waals surface area contributed by atoms with Crippen LogP contribution in [0.5, 0.6) is 5.75 Å². The predicted molar refractivity (Wildman–Crippen MR) is 135 cm³/mol. The number of hydrogen-bond acceptors (Lipinski definition) is 4. The van der Waals surface area contributed by atoms with Gasteiger partial charge in [0.1, 0.15) is 12.4 Å². The Morgan fingerprint density at radius 3 is 2.38 bits per heavy atom. The molecular formula is C23H13BrCl3NO3S. The number of thioether (sulfide) groups is 1. The van der Waals surface area contributed by atoms with E-state index >= 15 is 0 Å². The van der Waals surface area contributed by atoms with Gasteiger partial charge in [-0.05, 0) is 93.4 Å². The molecule has 0 bridgehead atoms. The Balaban J connectivity index is 1.49. The molecule has 0 radical (unpaired) electrons. The van der Waals surface area contributed by atoms with Gasteiger partial charge in [0.15, 0.2) is 0 Å². The number of nitrogens with zero attached hydrogens (tertiary/aromatic N) is 1. The number of imide groups is 1. The van der Waals surface area contributed by atoms with E-state index < -0.39 is 0 Å². The minimum Gasteiger partial charge on any atom is -0.488 e. The smallest absolute Gasteiger partial charge is 0.298 e. The van der Waals surface area contributed by atoms with Gasteiger partial charge < -0.3 is 4.74 Å². The second-order valence-corrected chi connectivity index (χ2v) is 9.82. The molecule has 0 unspecified atom stereocenters. The highest BCUT2D eigenvalue weighted by Crippen LogP contribution is 2.37. The van der Waals surface area contributed by atoms with Gasteiger partial charge in [-0.3, -0.25) is 9.59 Å². The Labute approximate surface area is 212 Å². The number of anilines is 1. The first-order chi connectivity index (χ1) is 15.3. The van der Waals surface area contributed by atoms with Crippen molar-refractivity contribution in [1.82, 2.24) is 0 Å².